The Morgan fingerprint density at radius 3 is 1.11 bits per heavy atom. The Hall–Kier alpha value is -1.59. The van der Waals surface area contributed by atoms with E-state index < -0.39 is 0 Å². The van der Waals surface area contributed by atoms with Crippen LogP contribution in [0.5, 0.6) is 0 Å². The van der Waals surface area contributed by atoms with Crippen molar-refractivity contribution < 1.29 is 0 Å². The lowest BCUT2D eigenvalue weighted by atomic mass is 10.9. The molecule has 3 radical (unpaired) electrons. The number of nitrogens with one attached hydrogen (secondary N) is 3. The highest BCUT2D eigenvalue weighted by atomic mass is 15.2. The van der Waals surface area contributed by atoms with Gasteiger partial charge in [-0.25, -0.2) is 0 Å². The van der Waals surface area contributed by atoms with Crippen LogP contribution in [0.1, 0.15) is 0 Å². The van der Waals surface area contributed by atoms with Gasteiger partial charge >= 0.3 is 0 Å². The number of rotatable bonds is 0. The molecule has 1 rings (SSSR count). The average molecular weight is 123 g/mol. The maximum Gasteiger partial charge on any atom is 0.248 e. The quantitative estimate of drug-likeness (QED) is 0.468. The lowest BCUT2D eigenvalue weighted by Gasteiger charge is -1.90. The van der Waals surface area contributed by atoms with Crippen molar-refractivity contribution >= 4 is 17.8 Å². The van der Waals surface area contributed by atoms with Crippen LogP contribution in [0.4, 0.5) is 17.8 Å². The van der Waals surface area contributed by atoms with Gasteiger partial charge in [0.1, 0.15) is 0 Å². The molecule has 0 saturated carbocycles. The first kappa shape index (κ1) is 5.54. The van der Waals surface area contributed by atoms with Crippen molar-refractivity contribution in [1.29, 1.82) is 0 Å². The lowest BCUT2D eigenvalue weighted by molar-refractivity contribution is 0.993. The third-order valence-corrected chi connectivity index (χ3v) is 0.635. The smallest absolute Gasteiger partial charge is 0.248 e. The zero-order valence-electron chi connectivity index (χ0n) is 4.34. The van der Waals surface area contributed by atoms with Crippen molar-refractivity contribution in [3.8, 4) is 0 Å². The van der Waals surface area contributed by atoms with E-state index in [-0.39, 0.29) is 17.8 Å². The molecule has 1 heterocycles. The summed E-state index contributed by atoms with van der Waals surface area (Å²) in [5, 5.41) is 0. The van der Waals surface area contributed by atoms with Crippen LogP contribution >= 0.6 is 0 Å². The molecule has 0 atom stereocenters. The molecule has 0 aromatic carbocycles. The van der Waals surface area contributed by atoms with Crippen LogP contribution in [-0.4, -0.2) is 15.0 Å². The maximum absolute atomic E-state index is 6.77. The molecule has 0 saturated heterocycles. The molecule has 1 aromatic rings. The zero-order chi connectivity index (χ0) is 6.85. The van der Waals surface area contributed by atoms with Gasteiger partial charge in [0.15, 0.2) is 0 Å². The zero-order valence-corrected chi connectivity index (χ0v) is 4.34. The third kappa shape index (κ3) is 1.15. The summed E-state index contributed by atoms with van der Waals surface area (Å²) in [5.74, 6) is -1.000. The first-order chi connectivity index (χ1) is 4.18. The largest absolute Gasteiger partial charge is 0.265 e. The Morgan fingerprint density at radius 1 is 0.667 bits per heavy atom. The van der Waals surface area contributed by atoms with Crippen molar-refractivity contribution in [3.05, 3.63) is 0 Å². The Labute approximate surface area is 51.1 Å². The Morgan fingerprint density at radius 2 is 0.889 bits per heavy atom. The molecule has 0 amide bonds. The summed E-state index contributed by atoms with van der Waals surface area (Å²) in [6.07, 6.45) is 0. The molecule has 0 aliphatic heterocycles. The van der Waals surface area contributed by atoms with Crippen LogP contribution in [-0.2, 0) is 0 Å². The fraction of sp³-hybridized carbons (Fsp3) is 0. The van der Waals surface area contributed by atoms with Gasteiger partial charge in [-0.15, -0.1) is 0 Å². The number of hydrogen-bond acceptors (Lipinski definition) is 3. The van der Waals surface area contributed by atoms with Gasteiger partial charge in [0.25, 0.3) is 0 Å². The van der Waals surface area contributed by atoms with Gasteiger partial charge in [-0.05, 0) is 0 Å². The highest BCUT2D eigenvalue weighted by Crippen LogP contribution is 2.01. The summed E-state index contributed by atoms with van der Waals surface area (Å²) in [5.41, 5.74) is 20.3. The fourth-order valence-electron chi connectivity index (χ4n) is 0.376. The molecular weight excluding hydrogens is 120 g/mol. The van der Waals surface area contributed by atoms with Crippen molar-refractivity contribution in [3.63, 3.8) is 0 Å². The molecule has 0 aliphatic rings. The van der Waals surface area contributed by atoms with Crippen LogP contribution in [0.2, 0.25) is 0 Å². The second-order valence-electron chi connectivity index (χ2n) is 1.31. The summed E-state index contributed by atoms with van der Waals surface area (Å²) in [6, 6.07) is 0. The van der Waals surface area contributed by atoms with E-state index in [1.54, 1.807) is 0 Å². The van der Waals surface area contributed by atoms with Crippen LogP contribution < -0.4 is 17.2 Å². The van der Waals surface area contributed by atoms with Gasteiger partial charge in [-0.3, -0.25) is 17.2 Å². The number of nitrogens with zero attached hydrogens (tertiary/aromatic N) is 3. The highest BCUT2D eigenvalue weighted by molar-refractivity contribution is 5.26. The van der Waals surface area contributed by atoms with E-state index in [4.69, 9.17) is 17.2 Å². The number of hydrogen-bond donors (Lipinski definition) is 0. The summed E-state index contributed by atoms with van der Waals surface area (Å²) in [4.78, 5) is 9.68. The molecule has 0 fully saturated rings. The van der Waals surface area contributed by atoms with Crippen LogP contribution in [0.3, 0.4) is 0 Å². The van der Waals surface area contributed by atoms with Crippen molar-refractivity contribution in [2.45, 2.75) is 0 Å². The third-order valence-electron chi connectivity index (χ3n) is 0.635. The van der Waals surface area contributed by atoms with E-state index in [2.05, 4.69) is 15.0 Å². The van der Waals surface area contributed by atoms with Gasteiger partial charge in [0.2, 0.25) is 17.8 Å². The minimum atomic E-state index is -0.333. The normalized spacial score (nSPS) is 9.33. The summed E-state index contributed by atoms with van der Waals surface area (Å²) >= 11 is 0. The molecule has 3 N–H and O–H groups in total. The van der Waals surface area contributed by atoms with E-state index in [0.717, 1.165) is 0 Å². The van der Waals surface area contributed by atoms with Gasteiger partial charge in [0, 0.05) is 0 Å². The molecule has 6 nitrogen and oxygen atoms in total. The van der Waals surface area contributed by atoms with E-state index in [0.29, 0.717) is 0 Å². The van der Waals surface area contributed by atoms with Crippen molar-refractivity contribution in [1.82, 2.24) is 32.2 Å². The van der Waals surface area contributed by atoms with E-state index >= 15 is 0 Å². The topological polar surface area (TPSA) is 110 Å². The first-order valence-corrected chi connectivity index (χ1v) is 2.09. The van der Waals surface area contributed by atoms with Crippen LogP contribution in [0, 0.1) is 0 Å². The predicted octanol–water partition coefficient (Wildman–Crippen LogP) is -0.385. The second-order valence-corrected chi connectivity index (χ2v) is 1.31. The molecule has 1 aromatic heterocycles. The molecule has 0 aliphatic carbocycles. The first-order valence-electron chi connectivity index (χ1n) is 2.09. The standard InChI is InChI=1S/C3H3N6/c4-1-7-2(5)9-3(6)8-1/h4-6H. The van der Waals surface area contributed by atoms with E-state index in [9.17, 15) is 0 Å². The molecule has 45 valence electrons. The maximum atomic E-state index is 6.77. The monoisotopic (exact) mass is 123 g/mol. The highest BCUT2D eigenvalue weighted by Gasteiger charge is 1.96. The molecule has 0 unspecified atom stereocenters. The Kier molecular flexibility index (Phi) is 1.07. The van der Waals surface area contributed by atoms with Crippen molar-refractivity contribution in [2.75, 3.05) is 0 Å². The minimum Gasteiger partial charge on any atom is -0.265 e. The average Bonchev–Trinajstić information content (AvgIpc) is 1.59. The van der Waals surface area contributed by atoms with Gasteiger partial charge in [-0.2, -0.15) is 15.0 Å². The lowest BCUT2D eigenvalue weighted by Crippen LogP contribution is -1.91. The second kappa shape index (κ2) is 1.73. The van der Waals surface area contributed by atoms with Crippen LogP contribution in [0.25, 0.3) is 0 Å². The molecule has 0 bridgehead atoms. The summed E-state index contributed by atoms with van der Waals surface area (Å²) < 4.78 is 0. The van der Waals surface area contributed by atoms with Crippen LogP contribution in [0.15, 0.2) is 0 Å². The molecule has 6 heteroatoms. The Bertz CT molecular complexity index is 169. The van der Waals surface area contributed by atoms with Gasteiger partial charge < -0.3 is 0 Å². The number of aromatic nitrogens is 3. The SMILES string of the molecule is [NH]c1nc([NH])nc([NH])n1. The van der Waals surface area contributed by atoms with Gasteiger partial charge in [-0.1, -0.05) is 0 Å². The summed E-state index contributed by atoms with van der Waals surface area (Å²) in [7, 11) is 0. The minimum absolute atomic E-state index is 0.333. The van der Waals surface area contributed by atoms with E-state index in [1.165, 1.54) is 0 Å². The predicted molar refractivity (Wildman–Crippen MR) is 28.1 cm³/mol. The van der Waals surface area contributed by atoms with E-state index in [1.807, 2.05) is 0 Å². The fourth-order valence-corrected chi connectivity index (χ4v) is 0.376. The molecule has 9 heavy (non-hydrogen) atoms. The molecule has 0 spiro atoms. The Balaban J connectivity index is 3.17. The molecular formula is C3H3N6. The van der Waals surface area contributed by atoms with Gasteiger partial charge in [0.05, 0.1) is 0 Å². The summed E-state index contributed by atoms with van der Waals surface area (Å²) in [6.45, 7) is 0. The van der Waals surface area contributed by atoms with Crippen molar-refractivity contribution in [2.24, 2.45) is 0 Å².